The van der Waals surface area contributed by atoms with Crippen molar-refractivity contribution in [1.82, 2.24) is 4.72 Å². The van der Waals surface area contributed by atoms with Gasteiger partial charge in [0.05, 0.1) is 12.4 Å². The Labute approximate surface area is 98.1 Å². The van der Waals surface area contributed by atoms with Crippen LogP contribution in [0.3, 0.4) is 0 Å². The van der Waals surface area contributed by atoms with Gasteiger partial charge in [0.1, 0.15) is 11.6 Å². The first-order chi connectivity index (χ1) is 7.54. The Balaban J connectivity index is 2.54. The van der Waals surface area contributed by atoms with Crippen molar-refractivity contribution in [3.8, 4) is 0 Å². The fourth-order valence-electron chi connectivity index (χ4n) is 1.59. The summed E-state index contributed by atoms with van der Waals surface area (Å²) < 4.78 is 38.0. The minimum Gasteiger partial charge on any atom is -0.354 e. The van der Waals surface area contributed by atoms with Crippen molar-refractivity contribution in [3.05, 3.63) is 23.2 Å². The minimum atomic E-state index is -3.48. The first kappa shape index (κ1) is 11.6. The van der Waals surface area contributed by atoms with E-state index in [9.17, 15) is 12.8 Å². The molecule has 16 heavy (non-hydrogen) atoms. The first-order valence-corrected chi connectivity index (χ1v) is 6.51. The monoisotopic (exact) mass is 264 g/mol. The molecule has 0 aromatic heterocycles. The Morgan fingerprint density at radius 1 is 1.50 bits per heavy atom. The molecule has 0 saturated heterocycles. The number of benzene rings is 1. The molecule has 2 rings (SSSR count). The molecular formula is C9H10ClFN2O2S. The molecule has 1 aromatic carbocycles. The van der Waals surface area contributed by atoms with Crippen LogP contribution in [0.1, 0.15) is 0 Å². The average Bonchev–Trinajstić information content (AvgIpc) is 2.22. The molecule has 0 fully saturated rings. The summed E-state index contributed by atoms with van der Waals surface area (Å²) in [5.41, 5.74) is 0.448. The molecule has 0 saturated carbocycles. The van der Waals surface area contributed by atoms with E-state index in [1.165, 1.54) is 18.2 Å². The molecule has 1 N–H and O–H groups in total. The maximum atomic E-state index is 12.3. The second-order valence-corrected chi connectivity index (χ2v) is 5.54. The van der Waals surface area contributed by atoms with Crippen molar-refractivity contribution >= 4 is 27.3 Å². The summed E-state index contributed by atoms with van der Waals surface area (Å²) in [7, 11) is -3.48. The average molecular weight is 265 g/mol. The number of halogens is 2. The van der Waals surface area contributed by atoms with Crippen molar-refractivity contribution in [2.24, 2.45) is 0 Å². The number of rotatable bonds is 2. The van der Waals surface area contributed by atoms with E-state index in [1.807, 2.05) is 0 Å². The predicted octanol–water partition coefficient (Wildman–Crippen LogP) is 1.37. The highest BCUT2D eigenvalue weighted by Crippen LogP contribution is 2.30. The summed E-state index contributed by atoms with van der Waals surface area (Å²) in [6.07, 6.45) is 0. The molecule has 0 unspecified atom stereocenters. The molecule has 0 bridgehead atoms. The van der Waals surface area contributed by atoms with Crippen LogP contribution in [0.15, 0.2) is 23.1 Å². The summed E-state index contributed by atoms with van der Waals surface area (Å²) >= 11 is 5.80. The van der Waals surface area contributed by atoms with Crippen LogP contribution in [0.4, 0.5) is 10.1 Å². The number of fused-ring (bicyclic) bond motifs is 1. The SMILES string of the molecule is O=S1(=O)NCN(CCF)c2cc(Cl)ccc21. The third-order valence-corrected chi connectivity index (χ3v) is 4.02. The molecule has 0 spiro atoms. The molecule has 4 nitrogen and oxygen atoms in total. The second kappa shape index (κ2) is 4.20. The second-order valence-electron chi connectivity index (χ2n) is 3.37. The third-order valence-electron chi connectivity index (χ3n) is 2.35. The molecule has 0 radical (unpaired) electrons. The van der Waals surface area contributed by atoms with Crippen LogP contribution in [0.25, 0.3) is 0 Å². The predicted molar refractivity (Wildman–Crippen MR) is 60.0 cm³/mol. The number of hydrogen-bond acceptors (Lipinski definition) is 3. The largest absolute Gasteiger partial charge is 0.354 e. The summed E-state index contributed by atoms with van der Waals surface area (Å²) in [6.45, 7) is -0.344. The zero-order chi connectivity index (χ0) is 11.8. The quantitative estimate of drug-likeness (QED) is 0.878. The van der Waals surface area contributed by atoms with Crippen molar-refractivity contribution in [3.63, 3.8) is 0 Å². The van der Waals surface area contributed by atoms with E-state index < -0.39 is 16.7 Å². The number of alkyl halides is 1. The van der Waals surface area contributed by atoms with Crippen LogP contribution in [0, 0.1) is 0 Å². The van der Waals surface area contributed by atoms with E-state index in [0.717, 1.165) is 0 Å². The first-order valence-electron chi connectivity index (χ1n) is 4.65. The van der Waals surface area contributed by atoms with Crippen LogP contribution in [-0.4, -0.2) is 28.3 Å². The third kappa shape index (κ3) is 2.00. The van der Waals surface area contributed by atoms with Gasteiger partial charge in [-0.15, -0.1) is 0 Å². The van der Waals surface area contributed by atoms with Gasteiger partial charge in [-0.1, -0.05) is 11.6 Å². The van der Waals surface area contributed by atoms with Gasteiger partial charge in [0, 0.05) is 11.6 Å². The lowest BCUT2D eigenvalue weighted by atomic mass is 10.3. The molecule has 0 amide bonds. The molecule has 88 valence electrons. The highest BCUT2D eigenvalue weighted by molar-refractivity contribution is 7.89. The maximum Gasteiger partial charge on any atom is 0.244 e. The summed E-state index contributed by atoms with van der Waals surface area (Å²) in [4.78, 5) is 1.74. The van der Waals surface area contributed by atoms with Gasteiger partial charge in [-0.2, -0.15) is 4.72 Å². The fourth-order valence-corrected chi connectivity index (χ4v) is 2.95. The minimum absolute atomic E-state index is 0.0690. The lowest BCUT2D eigenvalue weighted by Crippen LogP contribution is -2.44. The Bertz CT molecular complexity index is 506. The lowest BCUT2D eigenvalue weighted by molar-refractivity contribution is 0.483. The molecular weight excluding hydrogens is 255 g/mol. The van der Waals surface area contributed by atoms with Crippen molar-refractivity contribution in [1.29, 1.82) is 0 Å². The van der Waals surface area contributed by atoms with E-state index in [-0.39, 0.29) is 18.1 Å². The Hall–Kier alpha value is -0.850. The van der Waals surface area contributed by atoms with E-state index in [2.05, 4.69) is 4.72 Å². The number of anilines is 1. The van der Waals surface area contributed by atoms with Crippen LogP contribution in [0.5, 0.6) is 0 Å². The number of nitrogens with zero attached hydrogens (tertiary/aromatic N) is 1. The fraction of sp³-hybridized carbons (Fsp3) is 0.333. The van der Waals surface area contributed by atoms with Crippen molar-refractivity contribution in [2.45, 2.75) is 4.90 Å². The number of sulfonamides is 1. The van der Waals surface area contributed by atoms with Gasteiger partial charge in [-0.25, -0.2) is 12.8 Å². The maximum absolute atomic E-state index is 12.3. The number of hydrogen-bond donors (Lipinski definition) is 1. The van der Waals surface area contributed by atoms with Crippen LogP contribution >= 0.6 is 11.6 Å². The normalized spacial score (nSPS) is 18.2. The van der Waals surface area contributed by atoms with Crippen LogP contribution in [-0.2, 0) is 10.0 Å². The molecule has 1 aliphatic heterocycles. The smallest absolute Gasteiger partial charge is 0.244 e. The van der Waals surface area contributed by atoms with E-state index >= 15 is 0 Å². The van der Waals surface area contributed by atoms with E-state index in [4.69, 9.17) is 11.6 Å². The van der Waals surface area contributed by atoms with Gasteiger partial charge in [0.25, 0.3) is 0 Å². The topological polar surface area (TPSA) is 49.4 Å². The molecule has 0 aliphatic carbocycles. The Morgan fingerprint density at radius 3 is 2.94 bits per heavy atom. The van der Waals surface area contributed by atoms with E-state index in [1.54, 1.807) is 4.90 Å². The summed E-state index contributed by atoms with van der Waals surface area (Å²) in [5, 5.41) is 0.430. The highest BCUT2D eigenvalue weighted by Gasteiger charge is 2.27. The lowest BCUT2D eigenvalue weighted by Gasteiger charge is -2.30. The zero-order valence-corrected chi connectivity index (χ0v) is 9.85. The molecule has 1 aliphatic rings. The van der Waals surface area contributed by atoms with Gasteiger partial charge >= 0.3 is 0 Å². The Morgan fingerprint density at radius 2 is 2.25 bits per heavy atom. The zero-order valence-electron chi connectivity index (χ0n) is 8.28. The molecule has 0 atom stereocenters. The van der Waals surface area contributed by atoms with Crippen LogP contribution < -0.4 is 9.62 Å². The molecule has 1 aromatic rings. The van der Waals surface area contributed by atoms with Crippen LogP contribution in [0.2, 0.25) is 5.02 Å². The van der Waals surface area contributed by atoms with Gasteiger partial charge in [0.2, 0.25) is 10.0 Å². The van der Waals surface area contributed by atoms with Gasteiger partial charge in [-0.05, 0) is 18.2 Å². The van der Waals surface area contributed by atoms with Gasteiger partial charge in [-0.3, -0.25) is 0 Å². The summed E-state index contributed by atoms with van der Waals surface area (Å²) in [5.74, 6) is 0. The molecule has 1 heterocycles. The van der Waals surface area contributed by atoms with Crippen molar-refractivity contribution in [2.75, 3.05) is 24.8 Å². The number of nitrogens with one attached hydrogen (secondary N) is 1. The van der Waals surface area contributed by atoms with Crippen molar-refractivity contribution < 1.29 is 12.8 Å². The van der Waals surface area contributed by atoms with Gasteiger partial charge < -0.3 is 4.90 Å². The van der Waals surface area contributed by atoms with Gasteiger partial charge in [0.15, 0.2) is 0 Å². The standard InChI is InChI=1S/C9H10ClFN2O2S/c10-7-1-2-9-8(5-7)13(4-3-11)6-12-16(9,14)15/h1-2,5,12H,3-4,6H2. The Kier molecular flexibility index (Phi) is 3.05. The summed E-state index contributed by atoms with van der Waals surface area (Å²) in [6, 6.07) is 4.45. The van der Waals surface area contributed by atoms with E-state index in [0.29, 0.717) is 10.7 Å². The molecule has 7 heteroatoms. The highest BCUT2D eigenvalue weighted by atomic mass is 35.5.